The third-order valence-electron chi connectivity index (χ3n) is 3.71. The van der Waals surface area contributed by atoms with Gasteiger partial charge in [0.15, 0.2) is 0 Å². The Morgan fingerprint density at radius 1 is 1.56 bits per heavy atom. The maximum atomic E-state index is 12.2. The first-order chi connectivity index (χ1) is 8.70. The molecular formula is C13H22N4O. The van der Waals surface area contributed by atoms with Crippen LogP contribution in [0.5, 0.6) is 0 Å². The van der Waals surface area contributed by atoms with Crippen molar-refractivity contribution in [1.29, 1.82) is 0 Å². The monoisotopic (exact) mass is 250 g/mol. The van der Waals surface area contributed by atoms with Gasteiger partial charge in [0.05, 0.1) is 6.33 Å². The van der Waals surface area contributed by atoms with E-state index in [-0.39, 0.29) is 11.9 Å². The van der Waals surface area contributed by atoms with Crippen LogP contribution in [0.25, 0.3) is 0 Å². The van der Waals surface area contributed by atoms with Crippen molar-refractivity contribution in [2.45, 2.75) is 38.8 Å². The summed E-state index contributed by atoms with van der Waals surface area (Å²) in [5, 5.41) is 0. The van der Waals surface area contributed by atoms with Crippen molar-refractivity contribution in [3.63, 3.8) is 0 Å². The van der Waals surface area contributed by atoms with Crippen LogP contribution in [0, 0.1) is 5.92 Å². The van der Waals surface area contributed by atoms with Crippen LogP contribution in [0.2, 0.25) is 0 Å². The number of nitrogens with zero attached hydrogens (tertiary/aromatic N) is 3. The van der Waals surface area contributed by atoms with Crippen LogP contribution in [-0.4, -0.2) is 39.5 Å². The van der Waals surface area contributed by atoms with Crippen LogP contribution in [0.4, 0.5) is 0 Å². The molecule has 1 aromatic heterocycles. The fourth-order valence-corrected chi connectivity index (χ4v) is 2.59. The Morgan fingerprint density at radius 2 is 2.39 bits per heavy atom. The Kier molecular flexibility index (Phi) is 4.36. The van der Waals surface area contributed by atoms with Crippen molar-refractivity contribution in [2.24, 2.45) is 11.7 Å². The van der Waals surface area contributed by atoms with Crippen LogP contribution in [-0.2, 0) is 11.3 Å². The number of rotatable bonds is 4. The smallest absolute Gasteiger partial charge is 0.224 e. The molecule has 2 N–H and O–H groups in total. The van der Waals surface area contributed by atoms with Gasteiger partial charge in [-0.15, -0.1) is 0 Å². The van der Waals surface area contributed by atoms with Crippen LogP contribution < -0.4 is 5.73 Å². The molecule has 18 heavy (non-hydrogen) atoms. The second-order valence-corrected chi connectivity index (χ2v) is 5.16. The molecule has 2 rings (SSSR count). The summed E-state index contributed by atoms with van der Waals surface area (Å²) in [4.78, 5) is 18.1. The van der Waals surface area contributed by atoms with Crippen molar-refractivity contribution in [1.82, 2.24) is 14.5 Å². The lowest BCUT2D eigenvalue weighted by molar-refractivity contribution is -0.135. The fourth-order valence-electron chi connectivity index (χ4n) is 2.59. The number of hydrogen-bond acceptors (Lipinski definition) is 3. The van der Waals surface area contributed by atoms with E-state index < -0.39 is 0 Å². The molecule has 1 amide bonds. The van der Waals surface area contributed by atoms with Crippen molar-refractivity contribution < 1.29 is 4.79 Å². The molecule has 100 valence electrons. The molecule has 0 saturated carbocycles. The van der Waals surface area contributed by atoms with Gasteiger partial charge in [-0.2, -0.15) is 0 Å². The van der Waals surface area contributed by atoms with Crippen molar-refractivity contribution in [3.05, 3.63) is 18.7 Å². The first-order valence-electron chi connectivity index (χ1n) is 6.66. The van der Waals surface area contributed by atoms with Gasteiger partial charge in [0.25, 0.3) is 0 Å². The molecule has 2 heterocycles. The molecule has 1 aromatic rings. The molecule has 1 fully saturated rings. The van der Waals surface area contributed by atoms with E-state index in [0.717, 1.165) is 19.4 Å². The highest BCUT2D eigenvalue weighted by Crippen LogP contribution is 2.22. The highest BCUT2D eigenvalue weighted by molar-refractivity contribution is 5.76. The molecule has 0 spiro atoms. The first-order valence-corrected chi connectivity index (χ1v) is 6.66. The summed E-state index contributed by atoms with van der Waals surface area (Å²) in [5.74, 6) is 0.891. The number of nitrogens with two attached hydrogens (primary N) is 1. The zero-order chi connectivity index (χ0) is 13.0. The van der Waals surface area contributed by atoms with Gasteiger partial charge >= 0.3 is 0 Å². The van der Waals surface area contributed by atoms with Gasteiger partial charge < -0.3 is 15.2 Å². The average Bonchev–Trinajstić information content (AvgIpc) is 2.88. The molecule has 0 aromatic carbocycles. The van der Waals surface area contributed by atoms with E-state index in [1.165, 1.54) is 0 Å². The summed E-state index contributed by atoms with van der Waals surface area (Å²) in [7, 11) is 0. The molecular weight excluding hydrogens is 228 g/mol. The molecule has 2 atom stereocenters. The standard InChI is InChI=1S/C13H22N4O/c1-11-2-6-17(12(8-11)9-14)13(18)3-5-16-7-4-15-10-16/h4,7,10-12H,2-3,5-6,8-9,14H2,1H3. The number of carbonyl (C=O) groups excluding carboxylic acids is 1. The predicted molar refractivity (Wildman–Crippen MR) is 69.8 cm³/mol. The number of imidazole rings is 1. The summed E-state index contributed by atoms with van der Waals surface area (Å²) >= 11 is 0. The zero-order valence-corrected chi connectivity index (χ0v) is 11.0. The first kappa shape index (κ1) is 13.1. The van der Waals surface area contributed by atoms with Gasteiger partial charge in [-0.1, -0.05) is 6.92 Å². The maximum Gasteiger partial charge on any atom is 0.224 e. The SMILES string of the molecule is CC1CCN(C(=O)CCn2ccnc2)C(CN)C1. The van der Waals surface area contributed by atoms with Gasteiger partial charge in [0, 0.05) is 44.5 Å². The molecule has 5 heteroatoms. The number of hydrogen-bond donors (Lipinski definition) is 1. The summed E-state index contributed by atoms with van der Waals surface area (Å²) in [5.41, 5.74) is 5.78. The van der Waals surface area contributed by atoms with E-state index in [4.69, 9.17) is 5.73 Å². The highest BCUT2D eigenvalue weighted by Gasteiger charge is 2.28. The van der Waals surface area contributed by atoms with Crippen molar-refractivity contribution in [3.8, 4) is 0 Å². The Balaban J connectivity index is 1.87. The normalized spacial score (nSPS) is 24.2. The Hall–Kier alpha value is -1.36. The number of amides is 1. The third kappa shape index (κ3) is 3.10. The molecule has 0 aliphatic carbocycles. The number of aromatic nitrogens is 2. The third-order valence-corrected chi connectivity index (χ3v) is 3.71. The molecule has 1 aliphatic rings. The number of carbonyl (C=O) groups is 1. The molecule has 5 nitrogen and oxygen atoms in total. The minimum atomic E-state index is 0.214. The largest absolute Gasteiger partial charge is 0.338 e. The Morgan fingerprint density at radius 3 is 3.06 bits per heavy atom. The fraction of sp³-hybridized carbons (Fsp3) is 0.692. The Labute approximate surface area is 108 Å². The molecule has 1 saturated heterocycles. The second-order valence-electron chi connectivity index (χ2n) is 5.16. The molecule has 2 unspecified atom stereocenters. The van der Waals surface area contributed by atoms with Crippen molar-refractivity contribution in [2.75, 3.05) is 13.1 Å². The van der Waals surface area contributed by atoms with E-state index in [0.29, 0.717) is 25.4 Å². The molecule has 0 radical (unpaired) electrons. The highest BCUT2D eigenvalue weighted by atomic mass is 16.2. The van der Waals surface area contributed by atoms with Crippen LogP contribution in [0.3, 0.4) is 0 Å². The average molecular weight is 250 g/mol. The van der Waals surface area contributed by atoms with Gasteiger partial charge in [0.2, 0.25) is 5.91 Å². The van der Waals surface area contributed by atoms with Crippen molar-refractivity contribution >= 4 is 5.91 Å². The van der Waals surface area contributed by atoms with E-state index in [9.17, 15) is 4.79 Å². The number of likely N-dealkylation sites (tertiary alicyclic amines) is 1. The summed E-state index contributed by atoms with van der Waals surface area (Å²) < 4.78 is 1.93. The van der Waals surface area contributed by atoms with E-state index >= 15 is 0 Å². The van der Waals surface area contributed by atoms with Crippen LogP contribution >= 0.6 is 0 Å². The Bertz CT molecular complexity index is 376. The van der Waals surface area contributed by atoms with E-state index in [2.05, 4.69) is 11.9 Å². The van der Waals surface area contributed by atoms with E-state index in [1.54, 1.807) is 12.5 Å². The van der Waals surface area contributed by atoms with Gasteiger partial charge in [0.1, 0.15) is 0 Å². The molecule has 1 aliphatic heterocycles. The lowest BCUT2D eigenvalue weighted by Crippen LogP contribution is -2.49. The number of aryl methyl sites for hydroxylation is 1. The summed E-state index contributed by atoms with van der Waals surface area (Å²) in [6, 6.07) is 0.226. The summed E-state index contributed by atoms with van der Waals surface area (Å²) in [6.07, 6.45) is 8.01. The second kappa shape index (κ2) is 6.00. The van der Waals surface area contributed by atoms with Gasteiger partial charge in [-0.3, -0.25) is 4.79 Å². The quantitative estimate of drug-likeness (QED) is 0.862. The molecule has 0 bridgehead atoms. The van der Waals surface area contributed by atoms with Crippen LogP contribution in [0.15, 0.2) is 18.7 Å². The number of piperidine rings is 1. The predicted octanol–water partition coefficient (Wildman–Crippen LogP) is 0.859. The van der Waals surface area contributed by atoms with Gasteiger partial charge in [-0.25, -0.2) is 4.98 Å². The summed E-state index contributed by atoms with van der Waals surface area (Å²) in [6.45, 7) is 4.35. The zero-order valence-electron chi connectivity index (χ0n) is 11.0. The topological polar surface area (TPSA) is 64.2 Å². The maximum absolute atomic E-state index is 12.2. The minimum absolute atomic E-state index is 0.214. The van der Waals surface area contributed by atoms with Crippen LogP contribution in [0.1, 0.15) is 26.2 Å². The van der Waals surface area contributed by atoms with Gasteiger partial charge in [-0.05, 0) is 18.8 Å². The lowest BCUT2D eigenvalue weighted by Gasteiger charge is -2.38. The minimum Gasteiger partial charge on any atom is -0.338 e. The van der Waals surface area contributed by atoms with E-state index in [1.807, 2.05) is 15.7 Å². The lowest BCUT2D eigenvalue weighted by atomic mass is 9.92.